The molecule has 1 saturated carbocycles. The summed E-state index contributed by atoms with van der Waals surface area (Å²) in [6.45, 7) is 3.28. The summed E-state index contributed by atoms with van der Waals surface area (Å²) in [6, 6.07) is 0.711. The Morgan fingerprint density at radius 3 is 2.72 bits per heavy atom. The zero-order chi connectivity index (χ0) is 16.2. The van der Waals surface area contributed by atoms with Crippen LogP contribution in [-0.2, 0) is 11.8 Å². The Morgan fingerprint density at radius 1 is 1.36 bits per heavy atom. The van der Waals surface area contributed by atoms with Crippen LogP contribution in [0, 0.1) is 5.92 Å². The highest BCUT2D eigenvalue weighted by Gasteiger charge is 2.34. The second-order valence-electron chi connectivity index (χ2n) is 7.03. The zero-order valence-corrected chi connectivity index (χ0v) is 16.7. The lowest BCUT2D eigenvalue weighted by molar-refractivity contribution is -0.124. The molecule has 0 unspecified atom stereocenters. The van der Waals surface area contributed by atoms with Gasteiger partial charge in [-0.3, -0.25) is 9.48 Å². The van der Waals surface area contributed by atoms with Crippen LogP contribution < -0.4 is 10.6 Å². The van der Waals surface area contributed by atoms with E-state index < -0.39 is 0 Å². The van der Waals surface area contributed by atoms with Crippen LogP contribution in [0.25, 0.3) is 0 Å². The molecule has 1 aromatic rings. The molecule has 2 atom stereocenters. The fraction of sp³-hybridized carbons (Fsp3) is 0.765. The molecule has 1 aliphatic heterocycles. The number of hydrogen-bond donors (Lipinski definition) is 2. The number of nitrogens with zero attached hydrogens (tertiary/aromatic N) is 3. The minimum Gasteiger partial charge on any atom is -0.355 e. The average Bonchev–Trinajstić information content (AvgIpc) is 3.27. The number of aryl methyl sites for hydroxylation is 1. The van der Waals surface area contributed by atoms with E-state index in [-0.39, 0.29) is 42.6 Å². The lowest BCUT2D eigenvalue weighted by Gasteiger charge is -2.24. The van der Waals surface area contributed by atoms with Crippen LogP contribution in [-0.4, -0.2) is 59.9 Å². The molecule has 144 valence electrons. The predicted octanol–water partition coefficient (Wildman–Crippen LogP) is 1.56. The molecule has 1 aliphatic carbocycles. The Bertz CT molecular complexity index is 533. The number of carbonyl (C=O) groups is 1. The van der Waals surface area contributed by atoms with Crippen molar-refractivity contribution >= 4 is 30.7 Å². The van der Waals surface area contributed by atoms with Gasteiger partial charge in [0.1, 0.15) is 0 Å². The van der Waals surface area contributed by atoms with E-state index in [1.165, 1.54) is 25.7 Å². The average molecular weight is 392 g/mol. The molecule has 6 nitrogen and oxygen atoms in total. The van der Waals surface area contributed by atoms with Gasteiger partial charge in [0, 0.05) is 51.4 Å². The third-order valence-electron chi connectivity index (χ3n) is 5.42. The standard InChI is InChI=1S/C17H29N5O.2ClH/c1-21(14-5-3-4-6-14)8-7-19-17(23)16-11-18-10-15(16)13-9-20-22(2)12-13;;/h9,12,14-16,18H,3-8,10-11H2,1-2H3,(H,19,23);2*1H/t15-,16+;;/m1../s1. The van der Waals surface area contributed by atoms with Crippen molar-refractivity contribution in [3.8, 4) is 0 Å². The van der Waals surface area contributed by atoms with Gasteiger partial charge >= 0.3 is 0 Å². The number of likely N-dealkylation sites (N-methyl/N-ethyl adjacent to an activating group) is 1. The van der Waals surface area contributed by atoms with Crippen molar-refractivity contribution < 1.29 is 4.79 Å². The van der Waals surface area contributed by atoms with Gasteiger partial charge in [-0.25, -0.2) is 0 Å². The second-order valence-corrected chi connectivity index (χ2v) is 7.03. The summed E-state index contributed by atoms with van der Waals surface area (Å²) in [4.78, 5) is 14.9. The minimum absolute atomic E-state index is 0. The van der Waals surface area contributed by atoms with E-state index in [0.717, 1.165) is 31.7 Å². The van der Waals surface area contributed by atoms with Crippen LogP contribution in [0.5, 0.6) is 0 Å². The Labute approximate surface area is 162 Å². The number of aromatic nitrogens is 2. The topological polar surface area (TPSA) is 62.2 Å². The summed E-state index contributed by atoms with van der Waals surface area (Å²) >= 11 is 0. The van der Waals surface area contributed by atoms with Crippen molar-refractivity contribution in [3.05, 3.63) is 18.0 Å². The van der Waals surface area contributed by atoms with Crippen LogP contribution in [0.3, 0.4) is 0 Å². The quantitative estimate of drug-likeness (QED) is 0.772. The van der Waals surface area contributed by atoms with Crippen LogP contribution in [0.1, 0.15) is 37.2 Å². The molecular formula is C17H31Cl2N5O. The lowest BCUT2D eigenvalue weighted by atomic mass is 9.90. The smallest absolute Gasteiger partial charge is 0.225 e. The zero-order valence-electron chi connectivity index (χ0n) is 15.1. The van der Waals surface area contributed by atoms with Gasteiger partial charge in [0.05, 0.1) is 12.1 Å². The summed E-state index contributed by atoms with van der Waals surface area (Å²) < 4.78 is 1.80. The van der Waals surface area contributed by atoms with E-state index in [9.17, 15) is 4.79 Å². The number of rotatable bonds is 6. The van der Waals surface area contributed by atoms with Crippen LogP contribution in [0.2, 0.25) is 0 Å². The molecule has 8 heteroatoms. The number of amides is 1. The fourth-order valence-corrected chi connectivity index (χ4v) is 3.95. The molecule has 0 spiro atoms. The first-order chi connectivity index (χ1) is 11.1. The molecule has 0 bridgehead atoms. The molecule has 2 fully saturated rings. The van der Waals surface area contributed by atoms with Crippen molar-refractivity contribution in [3.63, 3.8) is 0 Å². The molecule has 0 radical (unpaired) electrons. The van der Waals surface area contributed by atoms with Crippen molar-refractivity contribution in [1.29, 1.82) is 0 Å². The summed E-state index contributed by atoms with van der Waals surface area (Å²) in [6.07, 6.45) is 9.21. The second kappa shape index (κ2) is 10.4. The molecule has 1 saturated heterocycles. The molecule has 2 heterocycles. The largest absolute Gasteiger partial charge is 0.355 e. The number of hydrogen-bond acceptors (Lipinski definition) is 4. The Hall–Kier alpha value is -0.820. The summed E-state index contributed by atoms with van der Waals surface area (Å²) in [7, 11) is 4.09. The van der Waals surface area contributed by atoms with E-state index >= 15 is 0 Å². The number of nitrogens with one attached hydrogen (secondary N) is 2. The number of halogens is 2. The summed E-state index contributed by atoms with van der Waals surface area (Å²) in [5.41, 5.74) is 1.15. The minimum atomic E-state index is 0. The molecule has 25 heavy (non-hydrogen) atoms. The van der Waals surface area contributed by atoms with E-state index in [0.29, 0.717) is 6.04 Å². The SMILES string of the molecule is CN(CCNC(=O)[C@H]1CNC[C@@H]1c1cnn(C)c1)C1CCCC1.Cl.Cl. The van der Waals surface area contributed by atoms with E-state index in [1.54, 1.807) is 4.68 Å². The van der Waals surface area contributed by atoms with Gasteiger partial charge in [-0.15, -0.1) is 24.8 Å². The van der Waals surface area contributed by atoms with Gasteiger partial charge in [-0.05, 0) is 25.5 Å². The van der Waals surface area contributed by atoms with Gasteiger partial charge in [0.2, 0.25) is 5.91 Å². The van der Waals surface area contributed by atoms with Gasteiger partial charge in [-0.2, -0.15) is 5.10 Å². The van der Waals surface area contributed by atoms with E-state index in [4.69, 9.17) is 0 Å². The maximum absolute atomic E-state index is 12.5. The molecule has 0 aromatic carbocycles. The molecular weight excluding hydrogens is 361 g/mol. The van der Waals surface area contributed by atoms with E-state index in [2.05, 4.69) is 27.7 Å². The first-order valence-electron chi connectivity index (χ1n) is 8.82. The number of carbonyl (C=O) groups excluding carboxylic acids is 1. The van der Waals surface area contributed by atoms with Crippen molar-refractivity contribution in [1.82, 2.24) is 25.3 Å². The van der Waals surface area contributed by atoms with Crippen molar-refractivity contribution in [2.75, 3.05) is 33.2 Å². The third kappa shape index (κ3) is 5.58. The molecule has 2 aliphatic rings. The maximum Gasteiger partial charge on any atom is 0.225 e. The fourth-order valence-electron chi connectivity index (χ4n) is 3.95. The van der Waals surface area contributed by atoms with Gasteiger partial charge in [-0.1, -0.05) is 12.8 Å². The highest BCUT2D eigenvalue weighted by Crippen LogP contribution is 2.27. The summed E-state index contributed by atoms with van der Waals surface area (Å²) in [5.74, 6) is 0.413. The van der Waals surface area contributed by atoms with Crippen molar-refractivity contribution in [2.24, 2.45) is 13.0 Å². The molecule has 2 N–H and O–H groups in total. The van der Waals surface area contributed by atoms with Crippen molar-refractivity contribution in [2.45, 2.75) is 37.6 Å². The van der Waals surface area contributed by atoms with Gasteiger partial charge in [0.15, 0.2) is 0 Å². The Balaban J connectivity index is 0.00000156. The van der Waals surface area contributed by atoms with E-state index in [1.807, 2.05) is 19.4 Å². The Morgan fingerprint density at radius 2 is 2.08 bits per heavy atom. The normalized spacial score (nSPS) is 23.3. The lowest BCUT2D eigenvalue weighted by Crippen LogP contribution is -2.40. The maximum atomic E-state index is 12.5. The third-order valence-corrected chi connectivity index (χ3v) is 5.42. The first-order valence-corrected chi connectivity index (χ1v) is 8.82. The van der Waals surface area contributed by atoms with Gasteiger partial charge < -0.3 is 15.5 Å². The Kier molecular flexibility index (Phi) is 9.21. The van der Waals surface area contributed by atoms with Crippen LogP contribution in [0.4, 0.5) is 0 Å². The predicted molar refractivity (Wildman–Crippen MR) is 105 cm³/mol. The highest BCUT2D eigenvalue weighted by molar-refractivity contribution is 5.85. The highest BCUT2D eigenvalue weighted by atomic mass is 35.5. The molecule has 1 aromatic heterocycles. The monoisotopic (exact) mass is 391 g/mol. The molecule has 3 rings (SSSR count). The first kappa shape index (κ1) is 22.2. The summed E-state index contributed by atoms with van der Waals surface area (Å²) in [5, 5.41) is 10.7. The molecule has 1 amide bonds. The van der Waals surface area contributed by atoms with Crippen LogP contribution >= 0.6 is 24.8 Å². The van der Waals surface area contributed by atoms with Crippen LogP contribution in [0.15, 0.2) is 12.4 Å². The van der Waals surface area contributed by atoms with Gasteiger partial charge in [0.25, 0.3) is 0 Å².